The fourth-order valence-corrected chi connectivity index (χ4v) is 5.03. The maximum Gasteiger partial charge on any atom is 0.244 e. The third-order valence-corrected chi connectivity index (χ3v) is 7.28. The number of amides is 2. The van der Waals surface area contributed by atoms with Crippen molar-refractivity contribution in [2.45, 2.75) is 52.7 Å². The van der Waals surface area contributed by atoms with Gasteiger partial charge in [0, 0.05) is 47.7 Å². The van der Waals surface area contributed by atoms with Crippen molar-refractivity contribution in [2.24, 2.45) is 28.4 Å². The van der Waals surface area contributed by atoms with Gasteiger partial charge in [-0.1, -0.05) is 34.6 Å². The fraction of sp³-hybridized carbons (Fsp3) is 0.542. The second-order valence-corrected chi connectivity index (χ2v) is 10.6. The summed E-state index contributed by atoms with van der Waals surface area (Å²) in [7, 11) is 0. The maximum atomic E-state index is 13.5. The lowest BCUT2D eigenvalue weighted by atomic mass is 9.86. The number of nitrogens with one attached hydrogen (secondary N) is 1. The van der Waals surface area contributed by atoms with Crippen LogP contribution in [0, 0.1) is 34.0 Å². The number of aromatic nitrogens is 2. The number of nitrogens with zero attached hydrogens (tertiary/aromatic N) is 4. The second-order valence-electron chi connectivity index (χ2n) is 10.6. The summed E-state index contributed by atoms with van der Waals surface area (Å²) in [4.78, 5) is 36.7. The smallest absolute Gasteiger partial charge is 0.244 e. The van der Waals surface area contributed by atoms with Crippen molar-refractivity contribution < 1.29 is 9.59 Å². The number of hydrogen-bond acceptors (Lipinski definition) is 6. The van der Waals surface area contributed by atoms with Crippen LogP contribution in [0.3, 0.4) is 0 Å². The molecule has 4 rings (SSSR count). The van der Waals surface area contributed by atoms with E-state index in [1.54, 1.807) is 29.7 Å². The van der Waals surface area contributed by atoms with Crippen molar-refractivity contribution in [1.82, 2.24) is 20.2 Å². The van der Waals surface area contributed by atoms with Gasteiger partial charge in [-0.2, -0.15) is 5.26 Å². The molecule has 0 bridgehead atoms. The lowest BCUT2D eigenvalue weighted by molar-refractivity contribution is -0.143. The monoisotopic (exact) mass is 434 g/mol. The highest BCUT2D eigenvalue weighted by Gasteiger charge is 2.69. The molecule has 0 radical (unpaired) electrons. The summed E-state index contributed by atoms with van der Waals surface area (Å²) in [5, 5.41) is 14.3. The average Bonchev–Trinajstić information content (AvgIpc) is 3.10. The number of nitrogens with two attached hydrogens (primary N) is 1. The molecule has 1 saturated heterocycles. The molecule has 1 aliphatic heterocycles. The summed E-state index contributed by atoms with van der Waals surface area (Å²) in [6.45, 7) is 10.5. The summed E-state index contributed by atoms with van der Waals surface area (Å²) < 4.78 is 0. The second kappa shape index (κ2) is 7.52. The van der Waals surface area contributed by atoms with Gasteiger partial charge in [0.1, 0.15) is 12.1 Å². The zero-order valence-corrected chi connectivity index (χ0v) is 19.2. The Morgan fingerprint density at radius 3 is 2.66 bits per heavy atom. The number of likely N-dealkylation sites (tertiary alicyclic amines) is 1. The van der Waals surface area contributed by atoms with Gasteiger partial charge in [0.25, 0.3) is 0 Å². The Morgan fingerprint density at radius 2 is 2.00 bits per heavy atom. The highest BCUT2D eigenvalue weighted by atomic mass is 16.2. The molecule has 168 valence electrons. The van der Waals surface area contributed by atoms with Gasteiger partial charge in [-0.25, -0.2) is 0 Å². The summed E-state index contributed by atoms with van der Waals surface area (Å²) in [6, 6.07) is 1.73. The van der Waals surface area contributed by atoms with E-state index in [0.717, 1.165) is 10.8 Å². The van der Waals surface area contributed by atoms with Gasteiger partial charge < -0.3 is 16.0 Å². The topological polar surface area (TPSA) is 125 Å². The summed E-state index contributed by atoms with van der Waals surface area (Å²) >= 11 is 0. The number of piperidine rings is 1. The van der Waals surface area contributed by atoms with E-state index in [1.807, 2.05) is 26.8 Å². The van der Waals surface area contributed by atoms with Crippen LogP contribution in [0.15, 0.2) is 30.9 Å². The number of hydrogen-bond donors (Lipinski definition) is 2. The van der Waals surface area contributed by atoms with Gasteiger partial charge in [-0.05, 0) is 28.7 Å². The zero-order chi connectivity index (χ0) is 23.4. The maximum absolute atomic E-state index is 13.5. The summed E-state index contributed by atoms with van der Waals surface area (Å²) in [6.07, 6.45) is 6.59. The van der Waals surface area contributed by atoms with Crippen LogP contribution in [0.1, 0.15) is 46.2 Å². The van der Waals surface area contributed by atoms with Crippen molar-refractivity contribution >= 4 is 22.6 Å². The quantitative estimate of drug-likeness (QED) is 0.760. The molecule has 2 aromatic rings. The van der Waals surface area contributed by atoms with Gasteiger partial charge in [-0.3, -0.25) is 19.6 Å². The van der Waals surface area contributed by atoms with Crippen LogP contribution >= 0.6 is 0 Å². The first-order chi connectivity index (χ1) is 15.0. The van der Waals surface area contributed by atoms with Crippen LogP contribution in [0.2, 0.25) is 0 Å². The molecular formula is C24H30N6O2. The van der Waals surface area contributed by atoms with Gasteiger partial charge in [-0.15, -0.1) is 0 Å². The minimum Gasteiger partial charge on any atom is -0.335 e. The van der Waals surface area contributed by atoms with Crippen LogP contribution in [0.25, 0.3) is 10.8 Å². The first-order valence-electron chi connectivity index (χ1n) is 10.9. The summed E-state index contributed by atoms with van der Waals surface area (Å²) in [5.41, 5.74) is 6.39. The van der Waals surface area contributed by atoms with E-state index in [0.29, 0.717) is 12.1 Å². The minimum atomic E-state index is -0.906. The molecule has 2 fully saturated rings. The van der Waals surface area contributed by atoms with Crippen LogP contribution < -0.4 is 11.1 Å². The molecule has 2 amide bonds. The molecule has 32 heavy (non-hydrogen) atoms. The van der Waals surface area contributed by atoms with E-state index in [9.17, 15) is 14.9 Å². The third-order valence-electron chi connectivity index (χ3n) is 7.28. The van der Waals surface area contributed by atoms with Crippen molar-refractivity contribution in [3.63, 3.8) is 0 Å². The molecule has 1 aliphatic carbocycles. The Kier molecular flexibility index (Phi) is 5.21. The lowest BCUT2D eigenvalue weighted by Crippen LogP contribution is -2.57. The van der Waals surface area contributed by atoms with Crippen molar-refractivity contribution in [1.29, 1.82) is 5.26 Å². The van der Waals surface area contributed by atoms with Crippen LogP contribution in [0.5, 0.6) is 0 Å². The van der Waals surface area contributed by atoms with Crippen molar-refractivity contribution in [3.05, 3.63) is 36.4 Å². The first kappa shape index (κ1) is 22.2. The molecular weight excluding hydrogens is 404 g/mol. The number of carbonyl (C=O) groups is 2. The van der Waals surface area contributed by atoms with E-state index in [1.165, 1.54) is 0 Å². The minimum absolute atomic E-state index is 0.0301. The molecule has 1 unspecified atom stereocenters. The third kappa shape index (κ3) is 3.51. The Morgan fingerprint density at radius 1 is 1.28 bits per heavy atom. The highest BCUT2D eigenvalue weighted by Crippen LogP contribution is 2.65. The van der Waals surface area contributed by atoms with E-state index < -0.39 is 23.5 Å². The summed E-state index contributed by atoms with van der Waals surface area (Å²) in [5.74, 6) is -0.251. The average molecular weight is 435 g/mol. The zero-order valence-electron chi connectivity index (χ0n) is 19.2. The predicted molar refractivity (Wildman–Crippen MR) is 120 cm³/mol. The normalized spacial score (nSPS) is 25.5. The number of fused-ring (bicyclic) bond motifs is 2. The number of rotatable bonds is 4. The standard InChI is InChI=1S/C24H30N6O2/c1-23(2,3)20(26)22(32)30-12-16-18(24(16,4)5)19(30)21(31)29-17(8-25)15-11-28-9-13-6-7-27-10-14(13)15/h6-7,9-11,16-20H,12,26H2,1-5H3,(H,29,31)/t16-,17?,18-,19-,20+/m0/s1. The Labute approximate surface area is 188 Å². The van der Waals surface area contributed by atoms with Gasteiger partial charge in [0.15, 0.2) is 0 Å². The Hall–Kier alpha value is -3.05. The number of carbonyl (C=O) groups excluding carboxylic acids is 2. The van der Waals surface area contributed by atoms with Crippen LogP contribution in [-0.4, -0.2) is 45.3 Å². The fourth-order valence-electron chi connectivity index (χ4n) is 5.03. The van der Waals surface area contributed by atoms with E-state index in [-0.39, 0.29) is 29.1 Å². The van der Waals surface area contributed by atoms with E-state index >= 15 is 0 Å². The first-order valence-corrected chi connectivity index (χ1v) is 10.9. The number of pyridine rings is 2. The molecule has 2 aliphatic rings. The molecule has 3 heterocycles. The predicted octanol–water partition coefficient (Wildman–Crippen LogP) is 2.17. The molecule has 2 aromatic heterocycles. The van der Waals surface area contributed by atoms with Gasteiger partial charge in [0.2, 0.25) is 11.8 Å². The number of nitriles is 1. The largest absolute Gasteiger partial charge is 0.335 e. The van der Waals surface area contributed by atoms with Gasteiger partial charge >= 0.3 is 0 Å². The molecule has 8 heteroatoms. The molecule has 3 N–H and O–H groups in total. The van der Waals surface area contributed by atoms with Crippen molar-refractivity contribution in [2.75, 3.05) is 6.54 Å². The Balaban J connectivity index is 1.62. The SMILES string of the molecule is CC(C)(C)[C@H](N)C(=O)N1C[C@H]2[C@@H]([C@H]1C(=O)NC(C#N)c1cncc3ccncc13)C2(C)C. The Bertz CT molecular complexity index is 1110. The van der Waals surface area contributed by atoms with Gasteiger partial charge in [0.05, 0.1) is 12.1 Å². The molecule has 5 atom stereocenters. The van der Waals surface area contributed by atoms with E-state index in [2.05, 4.69) is 35.2 Å². The molecule has 1 saturated carbocycles. The molecule has 0 spiro atoms. The van der Waals surface area contributed by atoms with Crippen LogP contribution in [0.4, 0.5) is 0 Å². The lowest BCUT2D eigenvalue weighted by Gasteiger charge is -2.35. The highest BCUT2D eigenvalue weighted by molar-refractivity contribution is 5.93. The van der Waals surface area contributed by atoms with Crippen LogP contribution in [-0.2, 0) is 9.59 Å². The molecule has 0 aromatic carbocycles. The van der Waals surface area contributed by atoms with E-state index in [4.69, 9.17) is 5.73 Å². The molecule has 8 nitrogen and oxygen atoms in total. The van der Waals surface area contributed by atoms with Crippen molar-refractivity contribution in [3.8, 4) is 6.07 Å².